The van der Waals surface area contributed by atoms with Gasteiger partial charge in [0.05, 0.1) is 6.54 Å². The van der Waals surface area contributed by atoms with Crippen molar-refractivity contribution in [1.29, 1.82) is 0 Å². The van der Waals surface area contributed by atoms with Gasteiger partial charge in [0.25, 0.3) is 0 Å². The summed E-state index contributed by atoms with van der Waals surface area (Å²) in [5.74, 6) is 1.60. The van der Waals surface area contributed by atoms with E-state index in [2.05, 4.69) is 18.7 Å². The molecule has 1 aliphatic carbocycles. The molecule has 0 aromatic carbocycles. The van der Waals surface area contributed by atoms with Crippen LogP contribution in [-0.2, 0) is 4.79 Å². The van der Waals surface area contributed by atoms with E-state index in [4.69, 9.17) is 0 Å². The van der Waals surface area contributed by atoms with Crippen LogP contribution in [0.3, 0.4) is 0 Å². The van der Waals surface area contributed by atoms with Gasteiger partial charge in [-0.1, -0.05) is 26.7 Å². The molecule has 0 spiro atoms. The Hall–Kier alpha value is -0.370. The molecule has 0 amide bonds. The molecular weight excluding hydrogens is 210 g/mol. The lowest BCUT2D eigenvalue weighted by atomic mass is 9.95. The van der Waals surface area contributed by atoms with E-state index in [9.17, 15) is 4.79 Å². The zero-order chi connectivity index (χ0) is 12.3. The number of likely N-dealkylation sites (tertiary alicyclic amines) is 1. The minimum Gasteiger partial charge on any atom is -0.298 e. The molecule has 1 heterocycles. The van der Waals surface area contributed by atoms with Crippen molar-refractivity contribution >= 4 is 5.78 Å². The highest BCUT2D eigenvalue weighted by molar-refractivity contribution is 5.82. The monoisotopic (exact) mass is 237 g/mol. The lowest BCUT2D eigenvalue weighted by Gasteiger charge is -2.29. The predicted molar refractivity (Wildman–Crippen MR) is 71.0 cm³/mol. The molecule has 1 aliphatic heterocycles. The molecule has 2 rings (SSSR count). The smallest absolute Gasteiger partial charge is 0.149 e. The van der Waals surface area contributed by atoms with Gasteiger partial charge < -0.3 is 0 Å². The second-order valence-corrected chi connectivity index (χ2v) is 6.00. The van der Waals surface area contributed by atoms with E-state index in [0.717, 1.165) is 31.5 Å². The van der Waals surface area contributed by atoms with Gasteiger partial charge in [0.2, 0.25) is 0 Å². The third-order valence-corrected chi connectivity index (χ3v) is 4.88. The summed E-state index contributed by atoms with van der Waals surface area (Å²) in [6.45, 7) is 6.06. The van der Waals surface area contributed by atoms with Crippen LogP contribution < -0.4 is 0 Å². The van der Waals surface area contributed by atoms with Gasteiger partial charge >= 0.3 is 0 Å². The first-order valence-corrected chi connectivity index (χ1v) is 7.49. The van der Waals surface area contributed by atoms with Crippen molar-refractivity contribution in [3.05, 3.63) is 0 Å². The molecule has 1 saturated carbocycles. The molecule has 1 saturated heterocycles. The molecular formula is C15H27NO. The van der Waals surface area contributed by atoms with Gasteiger partial charge in [-0.2, -0.15) is 0 Å². The van der Waals surface area contributed by atoms with Crippen molar-refractivity contribution in [3.63, 3.8) is 0 Å². The van der Waals surface area contributed by atoms with E-state index in [-0.39, 0.29) is 5.92 Å². The van der Waals surface area contributed by atoms with Crippen LogP contribution in [0.5, 0.6) is 0 Å². The highest BCUT2D eigenvalue weighted by Crippen LogP contribution is 2.35. The van der Waals surface area contributed by atoms with Crippen LogP contribution in [0.25, 0.3) is 0 Å². The fourth-order valence-electron chi connectivity index (χ4n) is 3.51. The highest BCUT2D eigenvalue weighted by atomic mass is 16.1. The van der Waals surface area contributed by atoms with Gasteiger partial charge in [-0.05, 0) is 44.6 Å². The van der Waals surface area contributed by atoms with E-state index in [1.807, 2.05) is 0 Å². The zero-order valence-corrected chi connectivity index (χ0v) is 11.5. The van der Waals surface area contributed by atoms with Crippen molar-refractivity contribution in [2.24, 2.45) is 11.8 Å². The lowest BCUT2D eigenvalue weighted by molar-refractivity contribution is -0.124. The molecule has 0 N–H and O–H groups in total. The van der Waals surface area contributed by atoms with E-state index in [1.54, 1.807) is 0 Å². The third-order valence-electron chi connectivity index (χ3n) is 4.88. The molecule has 98 valence electrons. The van der Waals surface area contributed by atoms with Crippen LogP contribution in [0, 0.1) is 11.8 Å². The molecule has 2 nitrogen and oxygen atoms in total. The largest absolute Gasteiger partial charge is 0.298 e. The minimum atomic E-state index is 0.250. The van der Waals surface area contributed by atoms with Crippen LogP contribution >= 0.6 is 0 Å². The summed E-state index contributed by atoms with van der Waals surface area (Å²) in [6, 6.07) is 0.727. The molecule has 0 bridgehead atoms. The number of Topliss-reactive ketones (excluding diaryl/α,β-unsaturated/α-hetero) is 1. The Kier molecular flexibility index (Phi) is 4.61. The van der Waals surface area contributed by atoms with Gasteiger partial charge in [-0.3, -0.25) is 9.69 Å². The van der Waals surface area contributed by atoms with Crippen molar-refractivity contribution in [2.45, 2.75) is 64.8 Å². The number of carbonyl (C=O) groups excluding carboxylic acids is 1. The lowest BCUT2D eigenvalue weighted by Crippen LogP contribution is -2.39. The number of rotatable bonds is 5. The number of nitrogens with zero attached hydrogens (tertiary/aromatic N) is 1. The Labute approximate surface area is 106 Å². The molecule has 2 aliphatic rings. The molecule has 2 fully saturated rings. The molecule has 17 heavy (non-hydrogen) atoms. The number of carbonyl (C=O) groups is 1. The fraction of sp³-hybridized carbons (Fsp3) is 0.933. The van der Waals surface area contributed by atoms with Crippen molar-refractivity contribution in [1.82, 2.24) is 4.90 Å². The van der Waals surface area contributed by atoms with E-state index < -0.39 is 0 Å². The van der Waals surface area contributed by atoms with Crippen LogP contribution in [-0.4, -0.2) is 29.8 Å². The van der Waals surface area contributed by atoms with Gasteiger partial charge in [-0.15, -0.1) is 0 Å². The second kappa shape index (κ2) is 5.99. The van der Waals surface area contributed by atoms with Crippen molar-refractivity contribution in [2.75, 3.05) is 13.1 Å². The summed E-state index contributed by atoms with van der Waals surface area (Å²) >= 11 is 0. The maximum Gasteiger partial charge on any atom is 0.149 e. The number of ketones is 1. The first kappa shape index (κ1) is 13.1. The Morgan fingerprint density at radius 3 is 2.59 bits per heavy atom. The van der Waals surface area contributed by atoms with Crippen molar-refractivity contribution in [3.8, 4) is 0 Å². The standard InChI is InChI=1S/C15H27NO/c1-3-12(2)15(17)11-16-10-6-9-14(16)13-7-4-5-8-13/h12-14H,3-11H2,1-2H3. The van der Waals surface area contributed by atoms with E-state index in [1.165, 1.54) is 38.5 Å². The summed E-state index contributed by atoms with van der Waals surface area (Å²) in [5.41, 5.74) is 0. The Morgan fingerprint density at radius 2 is 1.94 bits per heavy atom. The van der Waals surface area contributed by atoms with E-state index >= 15 is 0 Å². The predicted octanol–water partition coefficient (Wildman–Crippen LogP) is 3.26. The summed E-state index contributed by atoms with van der Waals surface area (Å²) in [7, 11) is 0. The Balaban J connectivity index is 1.88. The molecule has 0 aromatic rings. The van der Waals surface area contributed by atoms with Crippen LogP contribution in [0.2, 0.25) is 0 Å². The topological polar surface area (TPSA) is 20.3 Å². The first-order chi connectivity index (χ1) is 8.22. The quantitative estimate of drug-likeness (QED) is 0.731. The molecule has 0 radical (unpaired) electrons. The average Bonchev–Trinajstić information content (AvgIpc) is 2.97. The Morgan fingerprint density at radius 1 is 1.24 bits per heavy atom. The number of hydrogen-bond acceptors (Lipinski definition) is 2. The molecule has 2 unspecified atom stereocenters. The summed E-state index contributed by atoms with van der Waals surface area (Å²) in [5, 5.41) is 0. The normalized spacial score (nSPS) is 28.7. The SMILES string of the molecule is CCC(C)C(=O)CN1CCCC1C1CCCC1. The maximum absolute atomic E-state index is 12.0. The van der Waals surface area contributed by atoms with Gasteiger partial charge in [-0.25, -0.2) is 0 Å². The van der Waals surface area contributed by atoms with Crippen LogP contribution in [0.4, 0.5) is 0 Å². The van der Waals surface area contributed by atoms with Gasteiger partial charge in [0.15, 0.2) is 0 Å². The zero-order valence-electron chi connectivity index (χ0n) is 11.5. The highest BCUT2D eigenvalue weighted by Gasteiger charge is 2.34. The first-order valence-electron chi connectivity index (χ1n) is 7.49. The summed E-state index contributed by atoms with van der Waals surface area (Å²) in [4.78, 5) is 14.5. The maximum atomic E-state index is 12.0. The van der Waals surface area contributed by atoms with E-state index in [0.29, 0.717) is 5.78 Å². The second-order valence-electron chi connectivity index (χ2n) is 6.00. The fourth-order valence-corrected chi connectivity index (χ4v) is 3.51. The third kappa shape index (κ3) is 3.09. The minimum absolute atomic E-state index is 0.250. The number of hydrogen-bond donors (Lipinski definition) is 0. The van der Waals surface area contributed by atoms with Crippen LogP contribution in [0.15, 0.2) is 0 Å². The van der Waals surface area contributed by atoms with Crippen LogP contribution in [0.1, 0.15) is 58.8 Å². The Bertz CT molecular complexity index is 258. The average molecular weight is 237 g/mol. The molecule has 2 atom stereocenters. The summed E-state index contributed by atoms with van der Waals surface area (Å²) in [6.07, 6.45) is 9.24. The summed E-state index contributed by atoms with van der Waals surface area (Å²) < 4.78 is 0. The van der Waals surface area contributed by atoms with Gasteiger partial charge in [0, 0.05) is 12.0 Å². The van der Waals surface area contributed by atoms with Crippen molar-refractivity contribution < 1.29 is 4.79 Å². The van der Waals surface area contributed by atoms with Gasteiger partial charge in [0.1, 0.15) is 5.78 Å². The molecule has 0 aromatic heterocycles. The molecule has 2 heteroatoms.